The molecule has 5 nitrogen and oxygen atoms in total. The summed E-state index contributed by atoms with van der Waals surface area (Å²) in [5.41, 5.74) is 2.03. The maximum atomic E-state index is 12.0. The Morgan fingerprint density at radius 3 is 2.95 bits per heavy atom. The van der Waals surface area contributed by atoms with Gasteiger partial charge in [0, 0.05) is 26.7 Å². The molecule has 5 heteroatoms. The first-order valence-corrected chi connectivity index (χ1v) is 7.32. The number of anilines is 1. The van der Waals surface area contributed by atoms with E-state index in [0.29, 0.717) is 12.6 Å². The first-order chi connectivity index (χ1) is 10.0. The molecule has 0 fully saturated rings. The number of hydrogen-bond acceptors (Lipinski definition) is 4. The molecule has 2 rings (SSSR count). The Balaban J connectivity index is 2.05. The van der Waals surface area contributed by atoms with Gasteiger partial charge in [0.25, 0.3) is 5.91 Å². The van der Waals surface area contributed by atoms with Gasteiger partial charge in [-0.2, -0.15) is 0 Å². The van der Waals surface area contributed by atoms with E-state index in [4.69, 9.17) is 9.47 Å². The molecule has 2 atom stereocenters. The van der Waals surface area contributed by atoms with Gasteiger partial charge in [0.1, 0.15) is 5.75 Å². The van der Waals surface area contributed by atoms with Crippen LogP contribution in [0, 0.1) is 0 Å². The van der Waals surface area contributed by atoms with Gasteiger partial charge in [0.2, 0.25) is 0 Å². The van der Waals surface area contributed by atoms with Crippen LogP contribution >= 0.6 is 0 Å². The Morgan fingerprint density at radius 2 is 2.24 bits per heavy atom. The Morgan fingerprint density at radius 1 is 1.48 bits per heavy atom. The van der Waals surface area contributed by atoms with Crippen molar-refractivity contribution < 1.29 is 14.3 Å². The highest BCUT2D eigenvalue weighted by atomic mass is 16.5. The highest BCUT2D eigenvalue weighted by Gasteiger charge is 2.28. The number of nitrogens with one attached hydrogen (secondary N) is 1. The van der Waals surface area contributed by atoms with Crippen molar-refractivity contribution in [2.75, 3.05) is 32.2 Å². The quantitative estimate of drug-likeness (QED) is 0.809. The molecule has 1 aromatic carbocycles. The van der Waals surface area contributed by atoms with Gasteiger partial charge in [-0.15, -0.1) is 0 Å². The molecule has 0 bridgehead atoms. The number of ether oxygens (including phenoxy) is 2. The monoisotopic (exact) mass is 292 g/mol. The minimum absolute atomic E-state index is 0.00841. The van der Waals surface area contributed by atoms with Gasteiger partial charge in [-0.05, 0) is 38.0 Å². The van der Waals surface area contributed by atoms with Crippen LogP contribution in [-0.4, -0.2) is 45.4 Å². The topological polar surface area (TPSA) is 50.8 Å². The maximum Gasteiger partial charge on any atom is 0.267 e. The highest BCUT2D eigenvalue weighted by molar-refractivity contribution is 5.99. The second kappa shape index (κ2) is 6.91. The van der Waals surface area contributed by atoms with Crippen molar-refractivity contribution in [1.82, 2.24) is 5.32 Å². The molecule has 1 N–H and O–H groups in total. The van der Waals surface area contributed by atoms with Crippen molar-refractivity contribution >= 4 is 11.6 Å². The normalized spacial score (nSPS) is 19.1. The van der Waals surface area contributed by atoms with Crippen LogP contribution in [0.15, 0.2) is 18.2 Å². The summed E-state index contributed by atoms with van der Waals surface area (Å²) in [5, 5.41) is 3.40. The lowest BCUT2D eigenvalue weighted by Crippen LogP contribution is -2.42. The van der Waals surface area contributed by atoms with E-state index < -0.39 is 6.10 Å². The van der Waals surface area contributed by atoms with E-state index in [9.17, 15) is 4.79 Å². The number of methoxy groups -OCH3 is 1. The molecule has 0 aromatic heterocycles. The van der Waals surface area contributed by atoms with Crippen LogP contribution in [0.4, 0.5) is 5.69 Å². The number of benzene rings is 1. The molecule has 0 spiro atoms. The zero-order chi connectivity index (χ0) is 15.4. The smallest absolute Gasteiger partial charge is 0.267 e. The lowest BCUT2D eigenvalue weighted by Gasteiger charge is -2.30. The van der Waals surface area contributed by atoms with E-state index in [0.717, 1.165) is 24.4 Å². The van der Waals surface area contributed by atoms with Gasteiger partial charge in [0.05, 0.1) is 12.3 Å². The van der Waals surface area contributed by atoms with Crippen molar-refractivity contribution in [3.8, 4) is 5.75 Å². The molecular formula is C16H24N2O3. The standard InChI is InChI=1S/C16H24N2O3/c1-11(17-7-8-20-4)9-13-5-6-15-14(10-13)18(3)16(19)12(2)21-15/h5-6,10-12,17H,7-9H2,1-4H3. The van der Waals surface area contributed by atoms with E-state index in [1.54, 1.807) is 26.0 Å². The van der Waals surface area contributed by atoms with E-state index in [1.165, 1.54) is 5.56 Å². The number of amides is 1. The molecule has 1 amide bonds. The predicted octanol–water partition coefficient (Wildman–Crippen LogP) is 1.60. The number of fused-ring (bicyclic) bond motifs is 1. The average Bonchev–Trinajstić information content (AvgIpc) is 2.46. The summed E-state index contributed by atoms with van der Waals surface area (Å²) in [6.07, 6.45) is 0.483. The van der Waals surface area contributed by atoms with Crippen LogP contribution in [0.25, 0.3) is 0 Å². The summed E-state index contributed by atoms with van der Waals surface area (Å²) in [4.78, 5) is 13.6. The van der Waals surface area contributed by atoms with Gasteiger partial charge in [-0.25, -0.2) is 0 Å². The number of rotatable bonds is 6. The van der Waals surface area contributed by atoms with Crippen molar-refractivity contribution in [3.05, 3.63) is 23.8 Å². The highest BCUT2D eigenvalue weighted by Crippen LogP contribution is 2.34. The summed E-state index contributed by atoms with van der Waals surface area (Å²) in [7, 11) is 3.49. The Kier molecular flexibility index (Phi) is 5.20. The third-order valence-corrected chi connectivity index (χ3v) is 3.71. The maximum absolute atomic E-state index is 12.0. The van der Waals surface area contributed by atoms with Crippen LogP contribution in [-0.2, 0) is 16.0 Å². The van der Waals surface area contributed by atoms with Gasteiger partial charge in [-0.1, -0.05) is 6.07 Å². The summed E-state index contributed by atoms with van der Waals surface area (Å²) in [6.45, 7) is 5.46. The Bertz CT molecular complexity index is 504. The SMILES string of the molecule is COCCNC(C)Cc1ccc2c(c1)N(C)C(=O)C(C)O2. The van der Waals surface area contributed by atoms with Crippen molar-refractivity contribution in [1.29, 1.82) is 0 Å². The molecule has 1 aromatic rings. The largest absolute Gasteiger partial charge is 0.479 e. The molecule has 0 saturated heterocycles. The lowest BCUT2D eigenvalue weighted by molar-refractivity contribution is -0.125. The summed E-state index contributed by atoms with van der Waals surface area (Å²) >= 11 is 0. The summed E-state index contributed by atoms with van der Waals surface area (Å²) in [6, 6.07) is 6.39. The van der Waals surface area contributed by atoms with Gasteiger partial charge < -0.3 is 19.7 Å². The number of likely N-dealkylation sites (N-methyl/N-ethyl adjacent to an activating group) is 1. The molecule has 116 valence electrons. The zero-order valence-electron chi connectivity index (χ0n) is 13.2. The van der Waals surface area contributed by atoms with Gasteiger partial charge in [-0.3, -0.25) is 4.79 Å². The minimum Gasteiger partial charge on any atom is -0.479 e. The van der Waals surface area contributed by atoms with Crippen LogP contribution in [0.2, 0.25) is 0 Å². The molecule has 0 saturated carbocycles. The molecule has 0 aliphatic carbocycles. The van der Waals surface area contributed by atoms with E-state index in [2.05, 4.69) is 18.3 Å². The van der Waals surface area contributed by atoms with Crippen LogP contribution in [0.1, 0.15) is 19.4 Å². The molecule has 0 radical (unpaired) electrons. The molecule has 1 aliphatic heterocycles. The fourth-order valence-electron chi connectivity index (χ4n) is 2.52. The Hall–Kier alpha value is -1.59. The molecule has 1 heterocycles. The first-order valence-electron chi connectivity index (χ1n) is 7.32. The van der Waals surface area contributed by atoms with E-state index >= 15 is 0 Å². The number of nitrogens with zero attached hydrogens (tertiary/aromatic N) is 1. The van der Waals surface area contributed by atoms with Crippen LogP contribution in [0.3, 0.4) is 0 Å². The van der Waals surface area contributed by atoms with E-state index in [1.807, 2.05) is 12.1 Å². The zero-order valence-corrected chi connectivity index (χ0v) is 13.2. The van der Waals surface area contributed by atoms with E-state index in [-0.39, 0.29) is 5.91 Å². The Labute approximate surface area is 126 Å². The lowest BCUT2D eigenvalue weighted by atomic mass is 10.0. The van der Waals surface area contributed by atoms with Crippen molar-refractivity contribution in [2.24, 2.45) is 0 Å². The fraction of sp³-hybridized carbons (Fsp3) is 0.562. The minimum atomic E-state index is -0.414. The molecule has 21 heavy (non-hydrogen) atoms. The second-order valence-corrected chi connectivity index (χ2v) is 5.51. The number of carbonyl (C=O) groups excluding carboxylic acids is 1. The first kappa shape index (κ1) is 15.8. The fourth-order valence-corrected chi connectivity index (χ4v) is 2.52. The predicted molar refractivity (Wildman–Crippen MR) is 83.0 cm³/mol. The van der Waals surface area contributed by atoms with Crippen molar-refractivity contribution in [2.45, 2.75) is 32.4 Å². The van der Waals surface area contributed by atoms with Crippen LogP contribution < -0.4 is 15.0 Å². The summed E-state index contributed by atoms with van der Waals surface area (Å²) in [5.74, 6) is 0.763. The molecule has 1 aliphatic rings. The van der Waals surface area contributed by atoms with Gasteiger partial charge >= 0.3 is 0 Å². The van der Waals surface area contributed by atoms with Crippen LogP contribution in [0.5, 0.6) is 5.75 Å². The molecule has 2 unspecified atom stereocenters. The third-order valence-electron chi connectivity index (χ3n) is 3.71. The number of carbonyl (C=O) groups is 1. The second-order valence-electron chi connectivity index (χ2n) is 5.51. The molecular weight excluding hydrogens is 268 g/mol. The summed E-state index contributed by atoms with van der Waals surface area (Å²) < 4.78 is 10.7. The third kappa shape index (κ3) is 3.74. The number of hydrogen-bond donors (Lipinski definition) is 1. The average molecular weight is 292 g/mol. The van der Waals surface area contributed by atoms with Crippen molar-refractivity contribution in [3.63, 3.8) is 0 Å². The van der Waals surface area contributed by atoms with Gasteiger partial charge in [0.15, 0.2) is 6.10 Å².